The Balaban J connectivity index is 3.38. The van der Waals surface area contributed by atoms with Crippen LogP contribution in [-0.2, 0) is 6.61 Å². The highest BCUT2D eigenvalue weighted by Gasteiger charge is 2.06. The molecular formula is C9H8INO. The molecule has 0 fully saturated rings. The minimum atomic E-state index is -0.0688. The molecule has 1 rings (SSSR count). The van der Waals surface area contributed by atoms with Crippen molar-refractivity contribution in [1.82, 2.24) is 0 Å². The van der Waals surface area contributed by atoms with Gasteiger partial charge in [0.25, 0.3) is 0 Å². The number of hydrogen-bond acceptors (Lipinski definition) is 2. The first-order chi connectivity index (χ1) is 5.70. The Morgan fingerprint density at radius 1 is 1.58 bits per heavy atom. The molecule has 0 spiro atoms. The molecule has 2 nitrogen and oxygen atoms in total. The van der Waals surface area contributed by atoms with Gasteiger partial charge in [0.15, 0.2) is 0 Å². The summed E-state index contributed by atoms with van der Waals surface area (Å²) in [6.07, 6.45) is 0. The van der Waals surface area contributed by atoms with Gasteiger partial charge in [0.2, 0.25) is 0 Å². The number of benzene rings is 1. The van der Waals surface area contributed by atoms with E-state index in [2.05, 4.69) is 28.7 Å². The van der Waals surface area contributed by atoms with E-state index in [0.717, 1.165) is 9.13 Å². The number of aliphatic hydroxyl groups is 1. The first-order valence-electron chi connectivity index (χ1n) is 3.49. The summed E-state index contributed by atoms with van der Waals surface area (Å²) in [5.74, 6) is 0. The molecule has 0 aliphatic carbocycles. The number of halogens is 1. The van der Waals surface area contributed by atoms with Crippen molar-refractivity contribution in [1.29, 1.82) is 5.26 Å². The summed E-state index contributed by atoms with van der Waals surface area (Å²) >= 11 is 2.17. The fraction of sp³-hybridized carbons (Fsp3) is 0.222. The van der Waals surface area contributed by atoms with Gasteiger partial charge >= 0.3 is 0 Å². The number of rotatable bonds is 1. The summed E-state index contributed by atoms with van der Waals surface area (Å²) in [4.78, 5) is 0. The third-order valence-corrected chi connectivity index (χ3v) is 2.94. The molecule has 0 atom stereocenters. The predicted octanol–water partition coefficient (Wildman–Crippen LogP) is 1.96. The Bertz CT molecular complexity index is 341. The molecule has 0 bridgehead atoms. The minimum Gasteiger partial charge on any atom is -0.392 e. The Morgan fingerprint density at radius 2 is 2.25 bits per heavy atom. The fourth-order valence-electron chi connectivity index (χ4n) is 1.03. The highest BCUT2D eigenvalue weighted by atomic mass is 127. The summed E-state index contributed by atoms with van der Waals surface area (Å²) in [6.45, 7) is 1.82. The van der Waals surface area contributed by atoms with Crippen molar-refractivity contribution in [3.05, 3.63) is 32.4 Å². The van der Waals surface area contributed by atoms with Crippen LogP contribution in [0.3, 0.4) is 0 Å². The van der Waals surface area contributed by atoms with Gasteiger partial charge in [0.05, 0.1) is 18.2 Å². The summed E-state index contributed by atoms with van der Waals surface area (Å²) in [7, 11) is 0. The maximum atomic E-state index is 8.91. The van der Waals surface area contributed by atoms with E-state index in [1.165, 1.54) is 0 Å². The van der Waals surface area contributed by atoms with Crippen LogP contribution in [0, 0.1) is 21.8 Å². The summed E-state index contributed by atoms with van der Waals surface area (Å²) in [5.41, 5.74) is 2.25. The van der Waals surface area contributed by atoms with Crippen LogP contribution in [0.1, 0.15) is 16.7 Å². The molecule has 0 amide bonds. The van der Waals surface area contributed by atoms with Crippen LogP contribution < -0.4 is 0 Å². The van der Waals surface area contributed by atoms with E-state index in [4.69, 9.17) is 10.4 Å². The van der Waals surface area contributed by atoms with Crippen molar-refractivity contribution in [3.63, 3.8) is 0 Å². The van der Waals surface area contributed by atoms with Gasteiger partial charge in [0.1, 0.15) is 0 Å². The van der Waals surface area contributed by atoms with Gasteiger partial charge in [-0.2, -0.15) is 5.26 Å². The number of nitriles is 1. The van der Waals surface area contributed by atoms with Crippen molar-refractivity contribution in [2.75, 3.05) is 0 Å². The van der Waals surface area contributed by atoms with E-state index < -0.39 is 0 Å². The molecule has 0 aliphatic heterocycles. The molecule has 0 radical (unpaired) electrons. The molecule has 0 saturated heterocycles. The molecule has 1 aromatic rings. The molecule has 12 heavy (non-hydrogen) atoms. The second kappa shape index (κ2) is 3.87. The van der Waals surface area contributed by atoms with Gasteiger partial charge < -0.3 is 5.11 Å². The van der Waals surface area contributed by atoms with Crippen molar-refractivity contribution >= 4 is 22.6 Å². The minimum absolute atomic E-state index is 0.0688. The molecule has 0 saturated carbocycles. The lowest BCUT2D eigenvalue weighted by molar-refractivity contribution is 0.281. The van der Waals surface area contributed by atoms with Gasteiger partial charge in [-0.05, 0) is 46.7 Å². The van der Waals surface area contributed by atoms with E-state index in [0.29, 0.717) is 11.1 Å². The van der Waals surface area contributed by atoms with Gasteiger partial charge in [0, 0.05) is 3.57 Å². The van der Waals surface area contributed by atoms with E-state index >= 15 is 0 Å². The number of hydrogen-bond donors (Lipinski definition) is 1. The Kier molecular flexibility index (Phi) is 3.06. The van der Waals surface area contributed by atoms with Crippen molar-refractivity contribution in [3.8, 4) is 6.07 Å². The van der Waals surface area contributed by atoms with E-state index in [-0.39, 0.29) is 6.61 Å². The van der Waals surface area contributed by atoms with Gasteiger partial charge in [-0.3, -0.25) is 0 Å². The smallest absolute Gasteiger partial charge is 0.0998 e. The lowest BCUT2D eigenvalue weighted by Crippen LogP contribution is -1.94. The third-order valence-electron chi connectivity index (χ3n) is 1.77. The topological polar surface area (TPSA) is 44.0 Å². The lowest BCUT2D eigenvalue weighted by atomic mass is 10.0. The number of nitrogens with zero attached hydrogens (tertiary/aromatic N) is 1. The van der Waals surface area contributed by atoms with Crippen LogP contribution in [0.25, 0.3) is 0 Å². The molecule has 62 valence electrons. The zero-order valence-electron chi connectivity index (χ0n) is 6.63. The summed E-state index contributed by atoms with van der Waals surface area (Å²) in [5, 5.41) is 17.7. The molecule has 0 aromatic heterocycles. The second-order valence-corrected chi connectivity index (χ2v) is 3.64. The SMILES string of the molecule is Cc1c(I)ccc(CO)c1C#N. The fourth-order valence-corrected chi connectivity index (χ4v) is 1.48. The third kappa shape index (κ3) is 1.59. The summed E-state index contributed by atoms with van der Waals surface area (Å²) in [6, 6.07) is 5.78. The van der Waals surface area contributed by atoms with Crippen LogP contribution in [0.15, 0.2) is 12.1 Å². The van der Waals surface area contributed by atoms with Crippen LogP contribution in [0.2, 0.25) is 0 Å². The Labute approximate surface area is 85.0 Å². The molecule has 0 aliphatic rings. The largest absolute Gasteiger partial charge is 0.392 e. The van der Waals surface area contributed by atoms with Crippen LogP contribution in [0.5, 0.6) is 0 Å². The molecule has 0 unspecified atom stereocenters. The average Bonchev–Trinajstić information content (AvgIpc) is 2.09. The Hall–Kier alpha value is -0.600. The van der Waals surface area contributed by atoms with Crippen LogP contribution >= 0.6 is 22.6 Å². The molecule has 1 aromatic carbocycles. The van der Waals surface area contributed by atoms with Crippen molar-refractivity contribution in [2.45, 2.75) is 13.5 Å². The quantitative estimate of drug-likeness (QED) is 0.795. The first kappa shape index (κ1) is 9.49. The van der Waals surface area contributed by atoms with Crippen LogP contribution in [0.4, 0.5) is 0 Å². The molecule has 0 heterocycles. The lowest BCUT2D eigenvalue weighted by Gasteiger charge is -2.04. The molecular weight excluding hydrogens is 265 g/mol. The molecule has 1 N–H and O–H groups in total. The van der Waals surface area contributed by atoms with E-state index in [9.17, 15) is 0 Å². The van der Waals surface area contributed by atoms with Crippen molar-refractivity contribution in [2.24, 2.45) is 0 Å². The first-order valence-corrected chi connectivity index (χ1v) is 4.57. The van der Waals surface area contributed by atoms with Crippen molar-refractivity contribution < 1.29 is 5.11 Å². The van der Waals surface area contributed by atoms with Crippen LogP contribution in [-0.4, -0.2) is 5.11 Å². The van der Waals surface area contributed by atoms with E-state index in [1.54, 1.807) is 6.07 Å². The second-order valence-electron chi connectivity index (χ2n) is 2.48. The predicted molar refractivity (Wildman–Crippen MR) is 54.5 cm³/mol. The Morgan fingerprint density at radius 3 is 2.75 bits per heavy atom. The standard InChI is InChI=1S/C9H8INO/c1-6-8(4-11)7(5-12)2-3-9(6)10/h2-3,12H,5H2,1H3. The highest BCUT2D eigenvalue weighted by Crippen LogP contribution is 2.19. The van der Waals surface area contributed by atoms with E-state index in [1.807, 2.05) is 13.0 Å². The maximum absolute atomic E-state index is 8.91. The summed E-state index contributed by atoms with van der Waals surface area (Å²) < 4.78 is 1.06. The molecule has 3 heteroatoms. The monoisotopic (exact) mass is 273 g/mol. The number of aliphatic hydroxyl groups excluding tert-OH is 1. The zero-order valence-corrected chi connectivity index (χ0v) is 8.79. The zero-order chi connectivity index (χ0) is 9.14. The maximum Gasteiger partial charge on any atom is 0.0998 e. The normalized spacial score (nSPS) is 9.50. The average molecular weight is 273 g/mol. The van der Waals surface area contributed by atoms with Gasteiger partial charge in [-0.15, -0.1) is 0 Å². The van der Waals surface area contributed by atoms with Gasteiger partial charge in [-0.1, -0.05) is 6.07 Å². The van der Waals surface area contributed by atoms with Gasteiger partial charge in [-0.25, -0.2) is 0 Å². The highest BCUT2D eigenvalue weighted by molar-refractivity contribution is 14.1.